The number of halogens is 1. The van der Waals surface area contributed by atoms with Crippen LogP contribution in [0.2, 0.25) is 0 Å². The topological polar surface area (TPSA) is 85.0 Å². The zero-order chi connectivity index (χ0) is 21.6. The fourth-order valence-corrected chi connectivity index (χ4v) is 3.09. The molecule has 0 saturated heterocycles. The Morgan fingerprint density at radius 1 is 1.19 bits per heavy atom. The van der Waals surface area contributed by atoms with E-state index in [0.29, 0.717) is 24.4 Å². The van der Waals surface area contributed by atoms with Gasteiger partial charge in [0.05, 0.1) is 23.8 Å². The van der Waals surface area contributed by atoms with Crippen molar-refractivity contribution < 1.29 is 13.6 Å². The lowest BCUT2D eigenvalue weighted by Gasteiger charge is -2.11. The summed E-state index contributed by atoms with van der Waals surface area (Å²) < 4.78 is 21.1. The fraction of sp³-hybridized carbons (Fsp3) is 0.174. The normalized spacial score (nSPS) is 10.8. The molecule has 1 amide bonds. The van der Waals surface area contributed by atoms with E-state index in [-0.39, 0.29) is 18.0 Å². The van der Waals surface area contributed by atoms with E-state index in [1.54, 1.807) is 47.6 Å². The summed E-state index contributed by atoms with van der Waals surface area (Å²) in [5, 5.41) is 10.0. The Kier molecular flexibility index (Phi) is 6.07. The van der Waals surface area contributed by atoms with Crippen LogP contribution >= 0.6 is 0 Å². The number of benzene rings is 1. The molecule has 0 bridgehead atoms. The molecule has 0 atom stereocenters. The molecule has 1 aromatic carbocycles. The number of hydrogen-bond donors (Lipinski definition) is 2. The number of rotatable bonds is 8. The van der Waals surface area contributed by atoms with Crippen molar-refractivity contribution in [1.29, 1.82) is 0 Å². The second-order valence-electron chi connectivity index (χ2n) is 7.13. The minimum Gasteiger partial charge on any atom is -0.469 e. The first-order valence-electron chi connectivity index (χ1n) is 9.86. The number of nitrogens with one attached hydrogen (secondary N) is 2. The molecule has 7 nitrogen and oxygen atoms in total. The zero-order valence-electron chi connectivity index (χ0n) is 17.0. The molecule has 0 saturated carbocycles. The maximum atomic E-state index is 14.1. The monoisotopic (exact) mass is 419 g/mol. The lowest BCUT2D eigenvalue weighted by molar-refractivity contribution is -0.116. The van der Waals surface area contributed by atoms with Gasteiger partial charge in [0.25, 0.3) is 0 Å². The highest BCUT2D eigenvalue weighted by molar-refractivity contribution is 5.91. The minimum atomic E-state index is -0.487. The molecule has 8 heteroatoms. The molecule has 4 rings (SSSR count). The van der Waals surface area contributed by atoms with E-state index in [9.17, 15) is 9.18 Å². The number of aryl methyl sites for hydroxylation is 2. The standard InChI is InChI=1S/C23H22FN5O2/c1-29-15-17(14-27-29)21-8-4-16(13-26-21)12-25-18-5-7-20(24)22(11-18)28-23(30)9-6-19-3-2-10-31-19/h2-5,7-8,10-11,13-15,25H,6,9,12H2,1H3,(H,28,30). The number of amides is 1. The molecule has 0 spiro atoms. The van der Waals surface area contributed by atoms with Gasteiger partial charge in [-0.2, -0.15) is 5.10 Å². The Balaban J connectivity index is 1.34. The van der Waals surface area contributed by atoms with Crippen molar-refractivity contribution in [2.24, 2.45) is 7.05 Å². The first-order chi connectivity index (χ1) is 15.1. The van der Waals surface area contributed by atoms with Crippen LogP contribution in [-0.2, 0) is 24.8 Å². The van der Waals surface area contributed by atoms with E-state index in [1.807, 2.05) is 25.4 Å². The number of carbonyl (C=O) groups excluding carboxylic acids is 1. The summed E-state index contributed by atoms with van der Waals surface area (Å²) in [7, 11) is 1.86. The summed E-state index contributed by atoms with van der Waals surface area (Å²) in [6.07, 6.45) is 7.69. The minimum absolute atomic E-state index is 0.138. The Labute approximate surface area is 178 Å². The van der Waals surface area contributed by atoms with Gasteiger partial charge in [0.15, 0.2) is 0 Å². The first-order valence-corrected chi connectivity index (χ1v) is 9.86. The quantitative estimate of drug-likeness (QED) is 0.442. The van der Waals surface area contributed by atoms with E-state index < -0.39 is 5.82 Å². The van der Waals surface area contributed by atoms with Gasteiger partial charge in [-0.25, -0.2) is 4.39 Å². The molecule has 0 unspecified atom stereocenters. The highest BCUT2D eigenvalue weighted by Gasteiger charge is 2.10. The van der Waals surface area contributed by atoms with E-state index >= 15 is 0 Å². The second-order valence-corrected chi connectivity index (χ2v) is 7.13. The van der Waals surface area contributed by atoms with Crippen LogP contribution in [0.5, 0.6) is 0 Å². The van der Waals surface area contributed by atoms with Crippen LogP contribution in [0.1, 0.15) is 17.7 Å². The number of hydrogen-bond acceptors (Lipinski definition) is 5. The summed E-state index contributed by atoms with van der Waals surface area (Å²) in [4.78, 5) is 16.6. The molecule has 158 valence electrons. The lowest BCUT2D eigenvalue weighted by atomic mass is 10.2. The van der Waals surface area contributed by atoms with Crippen molar-refractivity contribution in [2.45, 2.75) is 19.4 Å². The Hall–Kier alpha value is -3.94. The van der Waals surface area contributed by atoms with Gasteiger partial charge < -0.3 is 15.1 Å². The van der Waals surface area contributed by atoms with E-state index in [0.717, 1.165) is 16.8 Å². The summed E-state index contributed by atoms with van der Waals surface area (Å²) in [5.41, 5.74) is 3.60. The van der Waals surface area contributed by atoms with Crippen LogP contribution in [0.3, 0.4) is 0 Å². The van der Waals surface area contributed by atoms with Crippen molar-refractivity contribution in [1.82, 2.24) is 14.8 Å². The van der Waals surface area contributed by atoms with E-state index in [4.69, 9.17) is 4.42 Å². The van der Waals surface area contributed by atoms with Crippen molar-refractivity contribution in [3.05, 3.63) is 84.5 Å². The molecule has 0 aliphatic carbocycles. The van der Waals surface area contributed by atoms with Crippen LogP contribution < -0.4 is 10.6 Å². The van der Waals surface area contributed by atoms with E-state index in [2.05, 4.69) is 20.7 Å². The summed E-state index contributed by atoms with van der Waals surface area (Å²) >= 11 is 0. The average molecular weight is 419 g/mol. The summed E-state index contributed by atoms with van der Waals surface area (Å²) in [6, 6.07) is 12.0. The van der Waals surface area contributed by atoms with Crippen LogP contribution in [-0.4, -0.2) is 20.7 Å². The van der Waals surface area contributed by atoms with Crippen LogP contribution in [0, 0.1) is 5.82 Å². The molecular weight excluding hydrogens is 397 g/mol. The van der Waals surface area contributed by atoms with Gasteiger partial charge in [-0.3, -0.25) is 14.5 Å². The molecule has 0 fully saturated rings. The number of anilines is 2. The molecule has 0 aliphatic rings. The van der Waals surface area contributed by atoms with Crippen LogP contribution in [0.25, 0.3) is 11.3 Å². The van der Waals surface area contributed by atoms with Crippen molar-refractivity contribution in [3.63, 3.8) is 0 Å². The second kappa shape index (κ2) is 9.25. The van der Waals surface area contributed by atoms with Gasteiger partial charge in [-0.05, 0) is 42.0 Å². The fourth-order valence-electron chi connectivity index (χ4n) is 3.09. The van der Waals surface area contributed by atoms with Crippen molar-refractivity contribution in [2.75, 3.05) is 10.6 Å². The molecule has 31 heavy (non-hydrogen) atoms. The Bertz CT molecular complexity index is 1150. The molecule has 0 aliphatic heterocycles. The third-order valence-electron chi connectivity index (χ3n) is 4.74. The first kappa shape index (κ1) is 20.3. The predicted molar refractivity (Wildman–Crippen MR) is 116 cm³/mol. The number of carbonyl (C=O) groups is 1. The van der Waals surface area contributed by atoms with Crippen LogP contribution in [0.4, 0.5) is 15.8 Å². The van der Waals surface area contributed by atoms with Crippen molar-refractivity contribution >= 4 is 17.3 Å². The summed E-state index contributed by atoms with van der Waals surface area (Å²) in [6.45, 7) is 0.512. The third kappa shape index (κ3) is 5.36. The summed E-state index contributed by atoms with van der Waals surface area (Å²) in [5.74, 6) is -0.0452. The molecule has 4 aromatic rings. The molecule has 0 radical (unpaired) electrons. The van der Waals surface area contributed by atoms with Crippen LogP contribution in [0.15, 0.2) is 71.7 Å². The number of pyridine rings is 1. The lowest BCUT2D eigenvalue weighted by Crippen LogP contribution is -2.13. The Morgan fingerprint density at radius 2 is 2.10 bits per heavy atom. The van der Waals surface area contributed by atoms with Gasteiger partial charge in [0.1, 0.15) is 11.6 Å². The number of aromatic nitrogens is 3. The SMILES string of the molecule is Cn1cc(-c2ccc(CNc3ccc(F)c(NC(=O)CCc4ccco4)c3)cn2)cn1. The average Bonchev–Trinajstić information content (AvgIpc) is 3.45. The van der Waals surface area contributed by atoms with Gasteiger partial charge >= 0.3 is 0 Å². The third-order valence-corrected chi connectivity index (χ3v) is 4.74. The van der Waals surface area contributed by atoms with Gasteiger partial charge in [-0.1, -0.05) is 6.07 Å². The maximum Gasteiger partial charge on any atom is 0.224 e. The Morgan fingerprint density at radius 3 is 2.81 bits per heavy atom. The van der Waals surface area contributed by atoms with Gasteiger partial charge in [0.2, 0.25) is 5.91 Å². The maximum absolute atomic E-state index is 14.1. The predicted octanol–water partition coefficient (Wildman–Crippen LogP) is 4.40. The molecule has 3 heterocycles. The van der Waals surface area contributed by atoms with Gasteiger partial charge in [0, 0.05) is 50.1 Å². The zero-order valence-corrected chi connectivity index (χ0v) is 17.0. The molecule has 2 N–H and O–H groups in total. The van der Waals surface area contributed by atoms with E-state index in [1.165, 1.54) is 6.07 Å². The van der Waals surface area contributed by atoms with Gasteiger partial charge in [-0.15, -0.1) is 0 Å². The highest BCUT2D eigenvalue weighted by Crippen LogP contribution is 2.21. The van der Waals surface area contributed by atoms with Crippen molar-refractivity contribution in [3.8, 4) is 11.3 Å². The number of furan rings is 1. The molecule has 3 aromatic heterocycles. The molecular formula is C23H22FN5O2. The smallest absolute Gasteiger partial charge is 0.224 e. The largest absolute Gasteiger partial charge is 0.469 e. The number of nitrogens with zero attached hydrogens (tertiary/aromatic N) is 3. The highest BCUT2D eigenvalue weighted by atomic mass is 19.1.